The van der Waals surface area contributed by atoms with Crippen LogP contribution in [0, 0.1) is 0 Å². The van der Waals surface area contributed by atoms with E-state index in [1.165, 1.54) is 0 Å². The molecular formula is C24H28BrN3O5. The maximum absolute atomic E-state index is 12.8. The number of amides is 2. The van der Waals surface area contributed by atoms with E-state index in [0.717, 1.165) is 16.5 Å². The van der Waals surface area contributed by atoms with Crippen LogP contribution >= 0.6 is 15.9 Å². The van der Waals surface area contributed by atoms with Gasteiger partial charge in [0.25, 0.3) is 5.91 Å². The molecule has 9 heteroatoms. The van der Waals surface area contributed by atoms with Gasteiger partial charge in [0.1, 0.15) is 18.8 Å². The minimum absolute atomic E-state index is 0.176. The molecule has 0 bridgehead atoms. The number of nitrogens with zero attached hydrogens (tertiary/aromatic N) is 2. The highest BCUT2D eigenvalue weighted by Crippen LogP contribution is 2.31. The number of hydrogen-bond donors (Lipinski definition) is 1. The van der Waals surface area contributed by atoms with Crippen LogP contribution in [-0.2, 0) is 20.9 Å². The molecule has 176 valence electrons. The van der Waals surface area contributed by atoms with Crippen LogP contribution in [-0.4, -0.2) is 48.2 Å². The Morgan fingerprint density at radius 2 is 1.79 bits per heavy atom. The van der Waals surface area contributed by atoms with E-state index in [4.69, 9.17) is 9.47 Å². The van der Waals surface area contributed by atoms with Gasteiger partial charge >= 0.3 is 12.1 Å². The third-order valence-corrected chi connectivity index (χ3v) is 5.45. The van der Waals surface area contributed by atoms with E-state index < -0.39 is 17.7 Å². The van der Waals surface area contributed by atoms with Crippen LogP contribution in [0.2, 0.25) is 0 Å². The van der Waals surface area contributed by atoms with Crippen molar-refractivity contribution in [3.8, 4) is 0 Å². The number of carbonyl (C=O) groups excluding carboxylic acids is 3. The molecule has 2 aromatic rings. The lowest BCUT2D eigenvalue weighted by Crippen LogP contribution is -2.47. The molecule has 0 atom stereocenters. The van der Waals surface area contributed by atoms with Crippen LogP contribution in [0.3, 0.4) is 0 Å². The van der Waals surface area contributed by atoms with Gasteiger partial charge in [-0.1, -0.05) is 30.3 Å². The highest BCUT2D eigenvalue weighted by atomic mass is 79.9. The van der Waals surface area contributed by atoms with Crippen LogP contribution < -0.4 is 10.3 Å². The number of ether oxygens (including phenoxy) is 2. The van der Waals surface area contributed by atoms with Gasteiger partial charge < -0.3 is 14.8 Å². The molecule has 0 saturated carbocycles. The summed E-state index contributed by atoms with van der Waals surface area (Å²) < 4.78 is 11.4. The van der Waals surface area contributed by atoms with E-state index >= 15 is 0 Å². The van der Waals surface area contributed by atoms with Crippen molar-refractivity contribution in [1.82, 2.24) is 10.3 Å². The third-order valence-electron chi connectivity index (χ3n) is 4.77. The molecule has 3 rings (SSSR count). The molecule has 0 aromatic heterocycles. The average Bonchev–Trinajstić information content (AvgIpc) is 3.25. The average molecular weight is 518 g/mol. The fraction of sp³-hybridized carbons (Fsp3) is 0.375. The van der Waals surface area contributed by atoms with Gasteiger partial charge in [-0.2, -0.15) is 0 Å². The number of hydrazine groups is 1. The molecule has 1 aliphatic heterocycles. The molecule has 0 spiro atoms. The maximum atomic E-state index is 12.8. The number of alkyl carbamates (subject to hydrolysis) is 1. The number of halogens is 1. The normalized spacial score (nSPS) is 13.6. The Hall–Kier alpha value is -3.07. The number of hydrogen-bond acceptors (Lipinski definition) is 6. The quantitative estimate of drug-likeness (QED) is 0.575. The summed E-state index contributed by atoms with van der Waals surface area (Å²) >= 11 is 3.52. The fourth-order valence-corrected chi connectivity index (χ4v) is 3.77. The molecular weight excluding hydrogens is 490 g/mol. The Kier molecular flexibility index (Phi) is 7.97. The lowest BCUT2D eigenvalue weighted by molar-refractivity contribution is -0.129. The van der Waals surface area contributed by atoms with Crippen molar-refractivity contribution < 1.29 is 23.9 Å². The van der Waals surface area contributed by atoms with Crippen molar-refractivity contribution in [2.75, 3.05) is 24.6 Å². The van der Waals surface area contributed by atoms with Gasteiger partial charge in [0.2, 0.25) is 0 Å². The molecule has 2 aromatic carbocycles. The van der Waals surface area contributed by atoms with E-state index in [0.29, 0.717) is 24.3 Å². The van der Waals surface area contributed by atoms with E-state index in [-0.39, 0.29) is 19.1 Å². The number of anilines is 1. The molecule has 1 aliphatic rings. The molecule has 0 aliphatic carbocycles. The number of esters is 1. The van der Waals surface area contributed by atoms with Gasteiger partial charge in [0, 0.05) is 17.6 Å². The first-order valence-corrected chi connectivity index (χ1v) is 11.5. The predicted octanol–water partition coefficient (Wildman–Crippen LogP) is 4.28. The van der Waals surface area contributed by atoms with Crippen LogP contribution in [0.15, 0.2) is 53.0 Å². The number of rotatable bonds is 6. The molecule has 8 nitrogen and oxygen atoms in total. The Bertz CT molecular complexity index is 1010. The van der Waals surface area contributed by atoms with Crippen molar-refractivity contribution in [3.63, 3.8) is 0 Å². The summed E-state index contributed by atoms with van der Waals surface area (Å²) in [5.41, 5.74) is 1.31. The summed E-state index contributed by atoms with van der Waals surface area (Å²) in [6, 6.07) is 14.6. The predicted molar refractivity (Wildman–Crippen MR) is 128 cm³/mol. The topological polar surface area (TPSA) is 88.2 Å². The number of benzene rings is 2. The molecule has 33 heavy (non-hydrogen) atoms. The van der Waals surface area contributed by atoms with Crippen molar-refractivity contribution in [2.24, 2.45) is 0 Å². The molecule has 1 saturated heterocycles. The zero-order chi connectivity index (χ0) is 24.0. The molecule has 0 unspecified atom stereocenters. The summed E-state index contributed by atoms with van der Waals surface area (Å²) in [5.74, 6) is -0.724. The van der Waals surface area contributed by atoms with Crippen LogP contribution in [0.1, 0.15) is 43.1 Å². The molecule has 1 fully saturated rings. The first-order chi connectivity index (χ1) is 15.6. The highest BCUT2D eigenvalue weighted by Gasteiger charge is 2.29. The summed E-state index contributed by atoms with van der Waals surface area (Å²) in [6.07, 6.45) is 0.110. The second kappa shape index (κ2) is 10.7. The standard InChI is InChI=1S/C24H28BrN3O5/c1-24(2,3)33-23(31)26-15-21(29)28-13-7-12-27(28)20-14-18(10-11-19(20)25)22(30)32-16-17-8-5-4-6-9-17/h4-6,8-11,14H,7,12-13,15-16H2,1-3H3,(H,26,31). The Morgan fingerprint density at radius 3 is 2.48 bits per heavy atom. The van der Waals surface area contributed by atoms with Crippen molar-refractivity contribution in [1.29, 1.82) is 0 Å². The molecule has 2 amide bonds. The van der Waals surface area contributed by atoms with Gasteiger partial charge in [-0.25, -0.2) is 9.59 Å². The van der Waals surface area contributed by atoms with Crippen molar-refractivity contribution >= 4 is 39.6 Å². The fourth-order valence-electron chi connectivity index (χ4n) is 3.32. The monoisotopic (exact) mass is 517 g/mol. The summed E-state index contributed by atoms with van der Waals surface area (Å²) in [7, 11) is 0. The minimum Gasteiger partial charge on any atom is -0.457 e. The van der Waals surface area contributed by atoms with Gasteiger partial charge in [-0.3, -0.25) is 14.8 Å². The summed E-state index contributed by atoms with van der Waals surface area (Å²) in [6.45, 7) is 6.35. The van der Waals surface area contributed by atoms with Crippen LogP contribution in [0.4, 0.5) is 10.5 Å². The first kappa shape index (κ1) is 24.6. The zero-order valence-corrected chi connectivity index (χ0v) is 20.6. The Morgan fingerprint density at radius 1 is 1.06 bits per heavy atom. The van der Waals surface area contributed by atoms with E-state index in [9.17, 15) is 14.4 Å². The van der Waals surface area contributed by atoms with Crippen LogP contribution in [0.25, 0.3) is 0 Å². The van der Waals surface area contributed by atoms with Crippen molar-refractivity contribution in [3.05, 3.63) is 64.1 Å². The largest absolute Gasteiger partial charge is 0.457 e. The van der Waals surface area contributed by atoms with Gasteiger partial charge in [0.05, 0.1) is 11.3 Å². The third kappa shape index (κ3) is 6.95. The van der Waals surface area contributed by atoms with E-state index in [1.54, 1.807) is 49.0 Å². The first-order valence-electron chi connectivity index (χ1n) is 10.7. The highest BCUT2D eigenvalue weighted by molar-refractivity contribution is 9.10. The van der Waals surface area contributed by atoms with Gasteiger partial charge in [-0.05, 0) is 66.9 Å². The number of carbonyl (C=O) groups is 3. The van der Waals surface area contributed by atoms with E-state index in [1.807, 2.05) is 30.3 Å². The zero-order valence-electron chi connectivity index (χ0n) is 19.0. The minimum atomic E-state index is -0.647. The lowest BCUT2D eigenvalue weighted by atomic mass is 10.2. The summed E-state index contributed by atoms with van der Waals surface area (Å²) in [4.78, 5) is 37.3. The maximum Gasteiger partial charge on any atom is 0.408 e. The smallest absolute Gasteiger partial charge is 0.408 e. The van der Waals surface area contributed by atoms with Crippen LogP contribution in [0.5, 0.6) is 0 Å². The molecule has 0 radical (unpaired) electrons. The second-order valence-corrected chi connectivity index (χ2v) is 9.43. The molecule has 1 heterocycles. The summed E-state index contributed by atoms with van der Waals surface area (Å²) in [5, 5.41) is 5.87. The Balaban J connectivity index is 1.66. The SMILES string of the molecule is CC(C)(C)OC(=O)NCC(=O)N1CCCN1c1cc(C(=O)OCc2ccccc2)ccc1Br. The van der Waals surface area contributed by atoms with Crippen molar-refractivity contribution in [2.45, 2.75) is 39.4 Å². The number of nitrogens with one attached hydrogen (secondary N) is 1. The van der Waals surface area contributed by atoms with E-state index in [2.05, 4.69) is 21.2 Å². The second-order valence-electron chi connectivity index (χ2n) is 8.58. The Labute approximate surface area is 201 Å². The lowest BCUT2D eigenvalue weighted by Gasteiger charge is -2.31. The molecule has 1 N–H and O–H groups in total. The van der Waals surface area contributed by atoms with Gasteiger partial charge in [-0.15, -0.1) is 0 Å². The van der Waals surface area contributed by atoms with Gasteiger partial charge in [0.15, 0.2) is 0 Å².